The van der Waals surface area contributed by atoms with E-state index in [1.54, 1.807) is 0 Å². The fourth-order valence-corrected chi connectivity index (χ4v) is 1.80. The van der Waals surface area contributed by atoms with Gasteiger partial charge in [-0.3, -0.25) is 4.79 Å². The van der Waals surface area contributed by atoms with E-state index in [-0.39, 0.29) is 30.4 Å². The van der Waals surface area contributed by atoms with Crippen molar-refractivity contribution in [3.8, 4) is 0 Å². The van der Waals surface area contributed by atoms with Crippen LogP contribution in [0, 0.1) is 11.8 Å². The second-order valence-corrected chi connectivity index (χ2v) is 4.58. The van der Waals surface area contributed by atoms with E-state index in [1.807, 2.05) is 13.8 Å². The summed E-state index contributed by atoms with van der Waals surface area (Å²) in [5.41, 5.74) is 0. The van der Waals surface area contributed by atoms with Crippen LogP contribution >= 0.6 is 0 Å². The van der Waals surface area contributed by atoms with Gasteiger partial charge in [-0.05, 0) is 25.3 Å². The van der Waals surface area contributed by atoms with Gasteiger partial charge >= 0.3 is 0 Å². The van der Waals surface area contributed by atoms with Crippen LogP contribution in [0.2, 0.25) is 0 Å². The summed E-state index contributed by atoms with van der Waals surface area (Å²) in [5.74, 6) is 0.428. The number of rotatable bonds is 4. The van der Waals surface area contributed by atoms with Crippen molar-refractivity contribution in [1.82, 2.24) is 10.6 Å². The molecule has 4 heteroatoms. The van der Waals surface area contributed by atoms with Crippen LogP contribution in [0.3, 0.4) is 0 Å². The zero-order chi connectivity index (χ0) is 11.3. The molecular weight excluding hydrogens is 192 g/mol. The Labute approximate surface area is 91.4 Å². The summed E-state index contributed by atoms with van der Waals surface area (Å²) in [4.78, 5) is 11.8. The number of carbonyl (C=O) groups is 1. The van der Waals surface area contributed by atoms with E-state index in [0.717, 1.165) is 25.9 Å². The Morgan fingerprint density at radius 2 is 2.33 bits per heavy atom. The summed E-state index contributed by atoms with van der Waals surface area (Å²) in [6.07, 6.45) is 2.01. The summed E-state index contributed by atoms with van der Waals surface area (Å²) < 4.78 is 0. The molecule has 1 rings (SSSR count). The number of hydrogen-bond acceptors (Lipinski definition) is 3. The Morgan fingerprint density at radius 3 is 2.80 bits per heavy atom. The number of amides is 1. The molecule has 1 saturated heterocycles. The van der Waals surface area contributed by atoms with Gasteiger partial charge in [-0.1, -0.05) is 13.8 Å². The molecule has 0 radical (unpaired) electrons. The van der Waals surface area contributed by atoms with Crippen LogP contribution in [-0.4, -0.2) is 36.8 Å². The predicted molar refractivity (Wildman–Crippen MR) is 59.4 cm³/mol. The summed E-state index contributed by atoms with van der Waals surface area (Å²) in [6, 6.07) is -0.112. The molecule has 1 unspecified atom stereocenters. The van der Waals surface area contributed by atoms with Gasteiger partial charge in [-0.25, -0.2) is 0 Å². The molecule has 88 valence electrons. The molecule has 1 heterocycles. The van der Waals surface area contributed by atoms with Crippen molar-refractivity contribution in [2.45, 2.75) is 32.7 Å². The molecule has 4 nitrogen and oxygen atoms in total. The predicted octanol–water partition coefficient (Wildman–Crippen LogP) is 0.119. The highest BCUT2D eigenvalue weighted by Gasteiger charge is 2.23. The maximum Gasteiger partial charge on any atom is 0.224 e. The van der Waals surface area contributed by atoms with E-state index >= 15 is 0 Å². The lowest BCUT2D eigenvalue weighted by Gasteiger charge is -2.26. The summed E-state index contributed by atoms with van der Waals surface area (Å²) >= 11 is 0. The first-order valence-electron chi connectivity index (χ1n) is 5.77. The average molecular weight is 214 g/mol. The first-order chi connectivity index (χ1) is 7.15. The number of piperidine rings is 1. The van der Waals surface area contributed by atoms with E-state index < -0.39 is 0 Å². The minimum absolute atomic E-state index is 0.0174. The highest BCUT2D eigenvalue weighted by atomic mass is 16.3. The molecule has 1 fully saturated rings. The Bertz CT molecular complexity index is 201. The Morgan fingerprint density at radius 1 is 1.60 bits per heavy atom. The molecule has 0 saturated carbocycles. The molecule has 1 amide bonds. The summed E-state index contributed by atoms with van der Waals surface area (Å²) in [6.45, 7) is 5.80. The molecule has 3 N–H and O–H groups in total. The van der Waals surface area contributed by atoms with Gasteiger partial charge in [0.15, 0.2) is 0 Å². The lowest BCUT2D eigenvalue weighted by Crippen LogP contribution is -2.47. The van der Waals surface area contributed by atoms with E-state index in [9.17, 15) is 4.79 Å². The van der Waals surface area contributed by atoms with Crippen LogP contribution in [0.5, 0.6) is 0 Å². The average Bonchev–Trinajstić information content (AvgIpc) is 2.26. The smallest absolute Gasteiger partial charge is 0.224 e. The topological polar surface area (TPSA) is 61.4 Å². The number of nitrogens with one attached hydrogen (secondary N) is 2. The van der Waals surface area contributed by atoms with Crippen LogP contribution in [0.25, 0.3) is 0 Å². The van der Waals surface area contributed by atoms with Gasteiger partial charge < -0.3 is 15.7 Å². The van der Waals surface area contributed by atoms with Gasteiger partial charge in [-0.15, -0.1) is 0 Å². The van der Waals surface area contributed by atoms with Crippen LogP contribution in [0.4, 0.5) is 0 Å². The molecule has 0 spiro atoms. The molecular formula is C11H22N2O2. The fourth-order valence-electron chi connectivity index (χ4n) is 1.80. The van der Waals surface area contributed by atoms with Gasteiger partial charge in [0.05, 0.1) is 18.6 Å². The van der Waals surface area contributed by atoms with Crippen LogP contribution in [0.15, 0.2) is 0 Å². The van der Waals surface area contributed by atoms with Gasteiger partial charge in [0.25, 0.3) is 0 Å². The first kappa shape index (κ1) is 12.5. The second-order valence-electron chi connectivity index (χ2n) is 4.58. The normalized spacial score (nSPS) is 23.9. The maximum absolute atomic E-state index is 11.8. The number of hydrogen-bond donors (Lipinski definition) is 3. The van der Waals surface area contributed by atoms with Gasteiger partial charge in [-0.2, -0.15) is 0 Å². The van der Waals surface area contributed by atoms with Crippen molar-refractivity contribution in [1.29, 1.82) is 0 Å². The quantitative estimate of drug-likeness (QED) is 0.623. The van der Waals surface area contributed by atoms with Crippen molar-refractivity contribution in [3.05, 3.63) is 0 Å². The highest BCUT2D eigenvalue weighted by molar-refractivity contribution is 5.79. The maximum atomic E-state index is 11.8. The monoisotopic (exact) mass is 214 g/mol. The molecule has 15 heavy (non-hydrogen) atoms. The SMILES string of the molecule is CC(C)C(CO)NC(=O)[C@H]1CCCNC1. The van der Waals surface area contributed by atoms with Gasteiger partial charge in [0.1, 0.15) is 0 Å². The van der Waals surface area contributed by atoms with E-state index in [4.69, 9.17) is 5.11 Å². The lowest BCUT2D eigenvalue weighted by molar-refractivity contribution is -0.126. The van der Waals surface area contributed by atoms with Crippen LogP contribution < -0.4 is 10.6 Å². The van der Waals surface area contributed by atoms with Gasteiger partial charge in [0, 0.05) is 6.54 Å². The van der Waals surface area contributed by atoms with Gasteiger partial charge in [0.2, 0.25) is 5.91 Å². The van der Waals surface area contributed by atoms with Crippen molar-refractivity contribution in [3.63, 3.8) is 0 Å². The Kier molecular flexibility index (Phi) is 5.05. The van der Waals surface area contributed by atoms with Crippen molar-refractivity contribution in [2.75, 3.05) is 19.7 Å². The van der Waals surface area contributed by atoms with Crippen molar-refractivity contribution >= 4 is 5.91 Å². The third-order valence-corrected chi connectivity index (χ3v) is 3.00. The zero-order valence-electron chi connectivity index (χ0n) is 9.62. The first-order valence-corrected chi connectivity index (χ1v) is 5.77. The second kappa shape index (κ2) is 6.08. The molecule has 2 atom stereocenters. The number of aliphatic hydroxyl groups is 1. The number of carbonyl (C=O) groups excluding carboxylic acids is 1. The molecule has 0 bridgehead atoms. The van der Waals surface area contributed by atoms with Crippen molar-refractivity contribution < 1.29 is 9.90 Å². The summed E-state index contributed by atoms with van der Waals surface area (Å²) in [5, 5.41) is 15.2. The minimum Gasteiger partial charge on any atom is -0.394 e. The molecule has 0 aliphatic carbocycles. The standard InChI is InChI=1S/C11H22N2O2/c1-8(2)10(7-14)13-11(15)9-4-3-5-12-6-9/h8-10,12,14H,3-7H2,1-2H3,(H,13,15)/t9-,10?/m0/s1. The minimum atomic E-state index is -0.112. The lowest BCUT2D eigenvalue weighted by atomic mass is 9.97. The summed E-state index contributed by atoms with van der Waals surface area (Å²) in [7, 11) is 0. The molecule has 0 aromatic carbocycles. The molecule has 0 aromatic heterocycles. The third-order valence-electron chi connectivity index (χ3n) is 3.00. The molecule has 1 aliphatic heterocycles. The Hall–Kier alpha value is -0.610. The van der Waals surface area contributed by atoms with Crippen molar-refractivity contribution in [2.24, 2.45) is 11.8 Å². The Balaban J connectivity index is 2.38. The molecule has 0 aromatic rings. The van der Waals surface area contributed by atoms with E-state index in [2.05, 4.69) is 10.6 Å². The fraction of sp³-hybridized carbons (Fsp3) is 0.909. The third kappa shape index (κ3) is 3.80. The van der Waals surface area contributed by atoms with E-state index in [0.29, 0.717) is 0 Å². The molecule has 1 aliphatic rings. The zero-order valence-corrected chi connectivity index (χ0v) is 9.62. The largest absolute Gasteiger partial charge is 0.394 e. The van der Waals surface area contributed by atoms with E-state index in [1.165, 1.54) is 0 Å². The number of aliphatic hydroxyl groups excluding tert-OH is 1. The highest BCUT2D eigenvalue weighted by Crippen LogP contribution is 2.11. The van der Waals surface area contributed by atoms with Crippen LogP contribution in [0.1, 0.15) is 26.7 Å². The van der Waals surface area contributed by atoms with Crippen LogP contribution in [-0.2, 0) is 4.79 Å².